The molecule has 0 radical (unpaired) electrons. The first kappa shape index (κ1) is 15.3. The van der Waals surface area contributed by atoms with Crippen molar-refractivity contribution in [3.05, 3.63) is 29.8 Å². The van der Waals surface area contributed by atoms with Crippen LogP contribution in [0.4, 0.5) is 0 Å². The summed E-state index contributed by atoms with van der Waals surface area (Å²) >= 11 is 0. The fraction of sp³-hybridized carbons (Fsp3) is 0.467. The molecule has 0 unspecified atom stereocenters. The van der Waals surface area contributed by atoms with Gasteiger partial charge in [0, 0.05) is 13.0 Å². The Balaban J connectivity index is 2.01. The van der Waals surface area contributed by atoms with Crippen LogP contribution in [0.3, 0.4) is 0 Å². The molecule has 2 amide bonds. The number of carbonyl (C=O) groups is 2. The number of carbonyl (C=O) groups excluding carboxylic acids is 2. The third kappa shape index (κ3) is 4.19. The smallest absolute Gasteiger partial charge is 0.249 e. The van der Waals surface area contributed by atoms with Crippen LogP contribution in [-0.2, 0) is 20.7 Å². The molecule has 0 saturated carbocycles. The van der Waals surface area contributed by atoms with E-state index in [1.165, 1.54) is 0 Å². The number of benzene rings is 1. The number of ether oxygens (including phenoxy) is 2. The van der Waals surface area contributed by atoms with Crippen LogP contribution in [-0.4, -0.2) is 37.7 Å². The number of hydrogen-bond acceptors (Lipinski definition) is 4. The van der Waals surface area contributed by atoms with Gasteiger partial charge >= 0.3 is 0 Å². The van der Waals surface area contributed by atoms with Crippen LogP contribution >= 0.6 is 0 Å². The summed E-state index contributed by atoms with van der Waals surface area (Å²) in [4.78, 5) is 23.5. The average molecular weight is 292 g/mol. The maximum Gasteiger partial charge on any atom is 0.249 e. The monoisotopic (exact) mass is 292 g/mol. The molecule has 6 nitrogen and oxygen atoms in total. The van der Waals surface area contributed by atoms with Gasteiger partial charge in [-0.05, 0) is 30.5 Å². The SMILES string of the molecule is COc1cccc(C[C@H](NC(=O)[C@H]2CCCO2)C(N)=O)c1. The van der Waals surface area contributed by atoms with Crippen molar-refractivity contribution in [2.75, 3.05) is 13.7 Å². The number of nitrogens with two attached hydrogens (primary N) is 1. The lowest BCUT2D eigenvalue weighted by molar-refractivity contribution is -0.133. The van der Waals surface area contributed by atoms with E-state index < -0.39 is 18.1 Å². The van der Waals surface area contributed by atoms with Crippen molar-refractivity contribution in [2.24, 2.45) is 5.73 Å². The van der Waals surface area contributed by atoms with Crippen LogP contribution in [0.5, 0.6) is 5.75 Å². The summed E-state index contributed by atoms with van der Waals surface area (Å²) in [7, 11) is 1.57. The molecule has 1 aliphatic rings. The first-order valence-electron chi connectivity index (χ1n) is 6.94. The summed E-state index contributed by atoms with van der Waals surface area (Å²) in [6, 6.07) is 6.56. The van der Waals surface area contributed by atoms with Gasteiger partial charge in [-0.3, -0.25) is 9.59 Å². The summed E-state index contributed by atoms with van der Waals surface area (Å²) < 4.78 is 10.4. The molecule has 1 aromatic carbocycles. The van der Waals surface area contributed by atoms with Gasteiger partial charge in [-0.25, -0.2) is 0 Å². The topological polar surface area (TPSA) is 90.7 Å². The van der Waals surface area contributed by atoms with Crippen LogP contribution in [0, 0.1) is 0 Å². The molecule has 114 valence electrons. The zero-order chi connectivity index (χ0) is 15.2. The van der Waals surface area contributed by atoms with Gasteiger partial charge in [0.2, 0.25) is 11.8 Å². The number of rotatable bonds is 6. The van der Waals surface area contributed by atoms with Crippen molar-refractivity contribution >= 4 is 11.8 Å². The summed E-state index contributed by atoms with van der Waals surface area (Å²) in [6.07, 6.45) is 1.38. The van der Waals surface area contributed by atoms with Gasteiger partial charge in [-0.15, -0.1) is 0 Å². The molecule has 0 aromatic heterocycles. The highest BCUT2D eigenvalue weighted by Gasteiger charge is 2.27. The van der Waals surface area contributed by atoms with Gasteiger partial charge in [0.1, 0.15) is 17.9 Å². The van der Waals surface area contributed by atoms with E-state index in [9.17, 15) is 9.59 Å². The van der Waals surface area contributed by atoms with Crippen molar-refractivity contribution in [3.8, 4) is 5.75 Å². The van der Waals surface area contributed by atoms with Crippen LogP contribution in [0.1, 0.15) is 18.4 Å². The van der Waals surface area contributed by atoms with E-state index in [-0.39, 0.29) is 5.91 Å². The van der Waals surface area contributed by atoms with Crippen molar-refractivity contribution in [2.45, 2.75) is 31.4 Å². The maximum absolute atomic E-state index is 12.0. The van der Waals surface area contributed by atoms with Crippen LogP contribution in [0.25, 0.3) is 0 Å². The highest BCUT2D eigenvalue weighted by atomic mass is 16.5. The van der Waals surface area contributed by atoms with Crippen LogP contribution in [0.15, 0.2) is 24.3 Å². The van der Waals surface area contributed by atoms with Crippen LogP contribution < -0.4 is 15.8 Å². The summed E-state index contributed by atoms with van der Waals surface area (Å²) in [6.45, 7) is 0.579. The Morgan fingerprint density at radius 3 is 2.95 bits per heavy atom. The lowest BCUT2D eigenvalue weighted by Gasteiger charge is -2.18. The molecular formula is C15H20N2O4. The maximum atomic E-state index is 12.0. The number of primary amides is 1. The molecule has 2 rings (SSSR count). The number of amides is 2. The Kier molecular flexibility index (Phi) is 5.16. The first-order chi connectivity index (χ1) is 10.1. The van der Waals surface area contributed by atoms with Gasteiger partial charge in [0.25, 0.3) is 0 Å². The minimum absolute atomic E-state index is 0.279. The van der Waals surface area contributed by atoms with Gasteiger partial charge in [-0.2, -0.15) is 0 Å². The van der Waals surface area contributed by atoms with Crippen molar-refractivity contribution < 1.29 is 19.1 Å². The second-order valence-electron chi connectivity index (χ2n) is 5.02. The van der Waals surface area contributed by atoms with E-state index >= 15 is 0 Å². The molecule has 1 aliphatic heterocycles. The molecule has 2 atom stereocenters. The first-order valence-corrected chi connectivity index (χ1v) is 6.94. The van der Waals surface area contributed by atoms with E-state index in [1.54, 1.807) is 7.11 Å². The predicted molar refractivity (Wildman–Crippen MR) is 76.8 cm³/mol. The Bertz CT molecular complexity index is 512. The second kappa shape index (κ2) is 7.08. The van der Waals surface area contributed by atoms with E-state index in [0.717, 1.165) is 12.0 Å². The van der Waals surface area contributed by atoms with Gasteiger partial charge < -0.3 is 20.5 Å². The molecule has 1 heterocycles. The summed E-state index contributed by atoms with van der Waals surface area (Å²) in [5.74, 6) is -0.149. The Morgan fingerprint density at radius 2 is 2.33 bits per heavy atom. The molecule has 6 heteroatoms. The number of hydrogen-bond donors (Lipinski definition) is 2. The van der Waals surface area contributed by atoms with E-state index in [4.69, 9.17) is 15.2 Å². The fourth-order valence-electron chi connectivity index (χ4n) is 2.31. The Hall–Kier alpha value is -2.08. The quantitative estimate of drug-likeness (QED) is 0.793. The van der Waals surface area contributed by atoms with E-state index in [0.29, 0.717) is 25.2 Å². The normalized spacial score (nSPS) is 19.0. The third-order valence-electron chi connectivity index (χ3n) is 3.46. The van der Waals surface area contributed by atoms with Gasteiger partial charge in [0.15, 0.2) is 0 Å². The molecule has 1 fully saturated rings. The van der Waals surface area contributed by atoms with E-state index in [1.807, 2.05) is 24.3 Å². The number of nitrogens with one attached hydrogen (secondary N) is 1. The van der Waals surface area contributed by atoms with Crippen molar-refractivity contribution in [1.82, 2.24) is 5.32 Å². The zero-order valence-electron chi connectivity index (χ0n) is 12.0. The van der Waals surface area contributed by atoms with Crippen LogP contribution in [0.2, 0.25) is 0 Å². The molecule has 0 aliphatic carbocycles. The second-order valence-corrected chi connectivity index (χ2v) is 5.02. The lowest BCUT2D eigenvalue weighted by atomic mass is 10.0. The Labute approximate surface area is 123 Å². The highest BCUT2D eigenvalue weighted by Crippen LogP contribution is 2.15. The molecule has 21 heavy (non-hydrogen) atoms. The molecule has 1 aromatic rings. The highest BCUT2D eigenvalue weighted by molar-refractivity contribution is 5.88. The zero-order valence-corrected chi connectivity index (χ0v) is 12.0. The minimum Gasteiger partial charge on any atom is -0.497 e. The van der Waals surface area contributed by atoms with Crippen molar-refractivity contribution in [1.29, 1.82) is 0 Å². The van der Waals surface area contributed by atoms with Crippen molar-refractivity contribution in [3.63, 3.8) is 0 Å². The Morgan fingerprint density at radius 1 is 1.52 bits per heavy atom. The molecule has 0 bridgehead atoms. The molecular weight excluding hydrogens is 272 g/mol. The predicted octanol–water partition coefficient (Wildman–Crippen LogP) is 0.387. The molecule has 3 N–H and O–H groups in total. The largest absolute Gasteiger partial charge is 0.497 e. The molecule has 0 spiro atoms. The van der Waals surface area contributed by atoms with E-state index in [2.05, 4.69) is 5.32 Å². The van der Waals surface area contributed by atoms with Gasteiger partial charge in [-0.1, -0.05) is 12.1 Å². The third-order valence-corrected chi connectivity index (χ3v) is 3.46. The minimum atomic E-state index is -0.756. The summed E-state index contributed by atoms with van der Waals surface area (Å²) in [5, 5.41) is 2.67. The lowest BCUT2D eigenvalue weighted by Crippen LogP contribution is -2.49. The average Bonchev–Trinajstić information content (AvgIpc) is 3.01. The fourth-order valence-corrected chi connectivity index (χ4v) is 2.31. The standard InChI is InChI=1S/C15H20N2O4/c1-20-11-5-2-4-10(8-11)9-12(14(16)18)17-15(19)13-6-3-7-21-13/h2,4-5,8,12-13H,3,6-7,9H2,1H3,(H2,16,18)(H,17,19)/t12-,13+/m0/s1. The molecule has 1 saturated heterocycles. The number of methoxy groups -OCH3 is 1. The summed E-state index contributed by atoms with van der Waals surface area (Å²) in [5.41, 5.74) is 6.24. The van der Waals surface area contributed by atoms with Gasteiger partial charge in [0.05, 0.1) is 7.11 Å².